The van der Waals surface area contributed by atoms with Crippen molar-refractivity contribution in [1.82, 2.24) is 0 Å². The molecule has 2 aromatic carbocycles. The van der Waals surface area contributed by atoms with Crippen molar-refractivity contribution < 1.29 is 14.4 Å². The Hall–Kier alpha value is -3.18. The van der Waals surface area contributed by atoms with E-state index >= 15 is 0 Å². The molecule has 0 heterocycles. The zero-order valence-corrected chi connectivity index (χ0v) is 19.1. The standard InChI is InChI=1S/C27H27NO3S/c1-2-3-4-8-14-24(28-31-27(30)22-11-6-5-7-12-22)26(29)21-18-16-20(17-19-21)23-13-9-10-15-25(23)32/h5-7,9-13,16-19H,2-4,8,14-15H2,1H3. The predicted molar refractivity (Wildman–Crippen MR) is 133 cm³/mol. The SMILES string of the molecule is CCCCCCC(=NOC(=O)c1ccccc1)C(=O)c1ccc(C2=CC=CCC2=S)cc1. The summed E-state index contributed by atoms with van der Waals surface area (Å²) in [5.41, 5.74) is 3.15. The van der Waals surface area contributed by atoms with Gasteiger partial charge in [-0.15, -0.1) is 0 Å². The van der Waals surface area contributed by atoms with E-state index in [9.17, 15) is 9.59 Å². The molecule has 1 aliphatic carbocycles. The lowest BCUT2D eigenvalue weighted by atomic mass is 9.95. The molecule has 5 heteroatoms. The van der Waals surface area contributed by atoms with Crippen molar-refractivity contribution in [3.63, 3.8) is 0 Å². The quantitative estimate of drug-likeness (QED) is 0.101. The minimum absolute atomic E-state index is 0.228. The summed E-state index contributed by atoms with van der Waals surface area (Å²) in [6.07, 6.45) is 11.2. The molecule has 0 bridgehead atoms. The Balaban J connectivity index is 1.76. The van der Waals surface area contributed by atoms with E-state index in [1.807, 2.05) is 36.4 Å². The fourth-order valence-electron chi connectivity index (χ4n) is 3.41. The van der Waals surface area contributed by atoms with Crippen molar-refractivity contribution in [3.05, 3.63) is 89.5 Å². The Kier molecular flexibility index (Phi) is 8.81. The molecule has 2 aromatic rings. The first-order valence-corrected chi connectivity index (χ1v) is 11.4. The monoisotopic (exact) mass is 445 g/mol. The average molecular weight is 446 g/mol. The highest BCUT2D eigenvalue weighted by Crippen LogP contribution is 2.23. The Morgan fingerprint density at radius 3 is 2.41 bits per heavy atom. The molecule has 3 rings (SSSR count). The van der Waals surface area contributed by atoms with Crippen LogP contribution in [-0.2, 0) is 4.84 Å². The number of allylic oxidation sites excluding steroid dienone is 4. The Morgan fingerprint density at radius 2 is 1.72 bits per heavy atom. The van der Waals surface area contributed by atoms with Gasteiger partial charge < -0.3 is 4.84 Å². The van der Waals surface area contributed by atoms with Crippen LogP contribution in [0.3, 0.4) is 0 Å². The van der Waals surface area contributed by atoms with Crippen molar-refractivity contribution in [1.29, 1.82) is 0 Å². The topological polar surface area (TPSA) is 55.7 Å². The zero-order chi connectivity index (χ0) is 22.8. The van der Waals surface area contributed by atoms with Crippen molar-refractivity contribution in [2.24, 2.45) is 5.16 Å². The van der Waals surface area contributed by atoms with E-state index in [0.29, 0.717) is 17.5 Å². The summed E-state index contributed by atoms with van der Waals surface area (Å²) in [6, 6.07) is 16.0. The van der Waals surface area contributed by atoms with Gasteiger partial charge in [0.15, 0.2) is 0 Å². The van der Waals surface area contributed by atoms with Gasteiger partial charge in [-0.25, -0.2) is 4.79 Å². The summed E-state index contributed by atoms with van der Waals surface area (Å²) >= 11 is 5.45. The Morgan fingerprint density at radius 1 is 0.969 bits per heavy atom. The molecule has 32 heavy (non-hydrogen) atoms. The molecule has 1 aliphatic rings. The van der Waals surface area contributed by atoms with Gasteiger partial charge in [0.25, 0.3) is 0 Å². The molecule has 0 N–H and O–H groups in total. The summed E-state index contributed by atoms with van der Waals surface area (Å²) in [4.78, 5) is 31.4. The number of unbranched alkanes of at least 4 members (excludes halogenated alkanes) is 3. The largest absolute Gasteiger partial charge is 0.365 e. The maximum Gasteiger partial charge on any atom is 0.365 e. The number of Topliss-reactive ketones (excluding diaryl/α,β-unsaturated/α-hetero) is 1. The Bertz CT molecular complexity index is 1050. The molecule has 0 atom stereocenters. The molecular weight excluding hydrogens is 418 g/mol. The number of thiocarbonyl (C=S) groups is 1. The Labute approximate surface area is 194 Å². The number of ketones is 1. The lowest BCUT2D eigenvalue weighted by molar-refractivity contribution is 0.0514. The molecule has 0 aromatic heterocycles. The lowest BCUT2D eigenvalue weighted by Crippen LogP contribution is -2.16. The molecule has 4 nitrogen and oxygen atoms in total. The van der Waals surface area contributed by atoms with Crippen LogP contribution in [-0.4, -0.2) is 22.3 Å². The van der Waals surface area contributed by atoms with E-state index in [0.717, 1.165) is 48.1 Å². The third-order valence-electron chi connectivity index (χ3n) is 5.24. The van der Waals surface area contributed by atoms with Gasteiger partial charge in [-0.05, 0) is 36.1 Å². The molecule has 0 spiro atoms. The van der Waals surface area contributed by atoms with Gasteiger partial charge >= 0.3 is 5.97 Å². The maximum atomic E-state index is 13.1. The number of hydrogen-bond acceptors (Lipinski definition) is 5. The number of hydrogen-bond donors (Lipinski definition) is 0. The molecule has 0 unspecified atom stereocenters. The molecular formula is C27H27NO3S. The lowest BCUT2D eigenvalue weighted by Gasteiger charge is -2.11. The minimum Gasteiger partial charge on any atom is -0.312 e. The number of carbonyl (C=O) groups is 2. The molecule has 0 aliphatic heterocycles. The third kappa shape index (κ3) is 6.41. The number of carbonyl (C=O) groups excluding carboxylic acids is 2. The van der Waals surface area contributed by atoms with Crippen molar-refractivity contribution in [2.75, 3.05) is 0 Å². The van der Waals surface area contributed by atoms with E-state index in [1.165, 1.54) is 0 Å². The first-order valence-electron chi connectivity index (χ1n) is 11.0. The van der Waals surface area contributed by atoms with Crippen molar-refractivity contribution in [2.45, 2.75) is 45.4 Å². The molecule has 164 valence electrons. The number of nitrogens with zero attached hydrogens (tertiary/aromatic N) is 1. The summed E-state index contributed by atoms with van der Waals surface area (Å²) in [5, 5.41) is 3.97. The summed E-state index contributed by atoms with van der Waals surface area (Å²) < 4.78 is 0. The summed E-state index contributed by atoms with van der Waals surface area (Å²) in [6.45, 7) is 2.13. The second-order valence-corrected chi connectivity index (χ2v) is 8.13. The first-order chi connectivity index (χ1) is 15.6. The van der Waals surface area contributed by atoms with Crippen LogP contribution in [0.5, 0.6) is 0 Å². The predicted octanol–water partition coefficient (Wildman–Crippen LogP) is 6.77. The second kappa shape index (κ2) is 12.0. The highest BCUT2D eigenvalue weighted by molar-refractivity contribution is 7.81. The van der Waals surface area contributed by atoms with E-state index in [1.54, 1.807) is 36.4 Å². The van der Waals surface area contributed by atoms with Crippen molar-refractivity contribution in [3.8, 4) is 0 Å². The van der Waals surface area contributed by atoms with Crippen LogP contribution < -0.4 is 0 Å². The van der Waals surface area contributed by atoms with Gasteiger partial charge in [0.1, 0.15) is 5.71 Å². The molecule has 0 fully saturated rings. The fraction of sp³-hybridized carbons (Fsp3) is 0.259. The second-order valence-electron chi connectivity index (χ2n) is 7.64. The van der Waals surface area contributed by atoms with Crippen LogP contribution in [0.15, 0.2) is 78.0 Å². The molecule has 0 saturated carbocycles. The van der Waals surface area contributed by atoms with Gasteiger partial charge in [-0.1, -0.05) is 104 Å². The van der Waals surface area contributed by atoms with Crippen LogP contribution in [0.2, 0.25) is 0 Å². The third-order valence-corrected chi connectivity index (χ3v) is 5.62. The number of oxime groups is 1. The number of rotatable bonds is 10. The van der Waals surface area contributed by atoms with E-state index in [4.69, 9.17) is 17.1 Å². The minimum atomic E-state index is -0.578. The number of benzene rings is 2. The molecule has 0 amide bonds. The first kappa shape index (κ1) is 23.5. The van der Waals surface area contributed by atoms with Gasteiger partial charge in [0.05, 0.1) is 5.56 Å². The zero-order valence-electron chi connectivity index (χ0n) is 18.3. The van der Waals surface area contributed by atoms with Gasteiger partial charge in [-0.3, -0.25) is 4.79 Å². The smallest absolute Gasteiger partial charge is 0.312 e. The van der Waals surface area contributed by atoms with Gasteiger partial charge in [0.2, 0.25) is 5.78 Å². The van der Waals surface area contributed by atoms with Crippen LogP contribution in [0.1, 0.15) is 71.7 Å². The average Bonchev–Trinajstić information content (AvgIpc) is 2.84. The molecule has 0 saturated heterocycles. The summed E-state index contributed by atoms with van der Waals surface area (Å²) in [5.74, 6) is -0.806. The van der Waals surface area contributed by atoms with Crippen LogP contribution in [0.25, 0.3) is 5.57 Å². The van der Waals surface area contributed by atoms with Crippen LogP contribution in [0, 0.1) is 0 Å². The van der Waals surface area contributed by atoms with Gasteiger partial charge in [-0.2, -0.15) is 0 Å². The maximum absolute atomic E-state index is 13.1. The molecule has 0 radical (unpaired) electrons. The summed E-state index contributed by atoms with van der Waals surface area (Å²) in [7, 11) is 0. The fourth-order valence-corrected chi connectivity index (χ4v) is 3.69. The van der Waals surface area contributed by atoms with Crippen LogP contribution >= 0.6 is 12.2 Å². The normalized spacial score (nSPS) is 13.6. The van der Waals surface area contributed by atoms with E-state index in [-0.39, 0.29) is 11.5 Å². The van der Waals surface area contributed by atoms with Gasteiger partial charge in [0, 0.05) is 16.8 Å². The highest BCUT2D eigenvalue weighted by atomic mass is 32.1. The van der Waals surface area contributed by atoms with E-state index < -0.39 is 5.97 Å². The highest BCUT2D eigenvalue weighted by Gasteiger charge is 2.17. The van der Waals surface area contributed by atoms with E-state index in [2.05, 4.69) is 12.1 Å². The van der Waals surface area contributed by atoms with Crippen molar-refractivity contribution >= 4 is 40.1 Å². The van der Waals surface area contributed by atoms with Crippen LogP contribution in [0.4, 0.5) is 0 Å².